The van der Waals surface area contributed by atoms with Crippen LogP contribution in [0.15, 0.2) is 53.7 Å². The van der Waals surface area contributed by atoms with E-state index in [9.17, 15) is 0 Å². The maximum atomic E-state index is 5.26. The quantitative estimate of drug-likeness (QED) is 0.604. The second kappa shape index (κ2) is 6.59. The summed E-state index contributed by atoms with van der Waals surface area (Å²) < 4.78 is 5.09. The summed E-state index contributed by atoms with van der Waals surface area (Å²) in [6, 6.07) is 15.8. The predicted octanol–water partition coefficient (Wildman–Crippen LogP) is 3.55. The highest BCUT2D eigenvalue weighted by Gasteiger charge is 1.94. The van der Waals surface area contributed by atoms with E-state index in [1.165, 1.54) is 5.56 Å². The van der Waals surface area contributed by atoms with E-state index in [-0.39, 0.29) is 0 Å². The summed E-state index contributed by atoms with van der Waals surface area (Å²) in [7, 11) is 1.65. The fourth-order valence-corrected chi connectivity index (χ4v) is 1.58. The van der Waals surface area contributed by atoms with Gasteiger partial charge in [-0.05, 0) is 30.2 Å². The van der Waals surface area contributed by atoms with Crippen molar-refractivity contribution in [2.24, 2.45) is 5.16 Å². The van der Waals surface area contributed by atoms with Crippen LogP contribution in [0.2, 0.25) is 0 Å². The fourth-order valence-electron chi connectivity index (χ4n) is 1.58. The van der Waals surface area contributed by atoms with Gasteiger partial charge in [0.05, 0.1) is 13.3 Å². The van der Waals surface area contributed by atoms with E-state index >= 15 is 0 Å². The van der Waals surface area contributed by atoms with Gasteiger partial charge in [-0.1, -0.05) is 47.1 Å². The molecule has 0 N–H and O–H groups in total. The van der Waals surface area contributed by atoms with Gasteiger partial charge in [-0.25, -0.2) is 0 Å². The van der Waals surface area contributed by atoms with Crippen LogP contribution >= 0.6 is 0 Å². The van der Waals surface area contributed by atoms with Crippen LogP contribution in [0.25, 0.3) is 0 Å². The van der Waals surface area contributed by atoms with Crippen molar-refractivity contribution in [1.29, 1.82) is 0 Å². The highest BCUT2D eigenvalue weighted by atomic mass is 16.6. The normalized spacial score (nSPS) is 10.6. The van der Waals surface area contributed by atoms with Crippen molar-refractivity contribution in [1.82, 2.24) is 0 Å². The number of benzene rings is 2. The lowest BCUT2D eigenvalue weighted by atomic mass is 10.2. The maximum absolute atomic E-state index is 5.26. The van der Waals surface area contributed by atoms with Gasteiger partial charge in [0.25, 0.3) is 0 Å². The van der Waals surface area contributed by atoms with E-state index < -0.39 is 0 Å². The number of ether oxygens (including phenoxy) is 1. The Balaban J connectivity index is 1.83. The Hall–Kier alpha value is -2.29. The van der Waals surface area contributed by atoms with Gasteiger partial charge >= 0.3 is 0 Å². The van der Waals surface area contributed by atoms with Crippen molar-refractivity contribution in [3.8, 4) is 5.75 Å². The van der Waals surface area contributed by atoms with Gasteiger partial charge in [0.15, 0.2) is 0 Å². The maximum Gasteiger partial charge on any atom is 0.142 e. The molecule has 0 saturated heterocycles. The van der Waals surface area contributed by atoms with Gasteiger partial charge in [0.1, 0.15) is 12.4 Å². The zero-order valence-corrected chi connectivity index (χ0v) is 11.2. The van der Waals surface area contributed by atoms with Crippen molar-refractivity contribution in [2.45, 2.75) is 13.5 Å². The van der Waals surface area contributed by atoms with E-state index in [0.29, 0.717) is 6.61 Å². The molecule has 0 radical (unpaired) electrons. The smallest absolute Gasteiger partial charge is 0.142 e. The Labute approximate surface area is 113 Å². The summed E-state index contributed by atoms with van der Waals surface area (Å²) in [5.74, 6) is 0.840. The lowest BCUT2D eigenvalue weighted by molar-refractivity contribution is 0.132. The predicted molar refractivity (Wildman–Crippen MR) is 76.6 cm³/mol. The summed E-state index contributed by atoms with van der Waals surface area (Å²) in [6.45, 7) is 2.51. The van der Waals surface area contributed by atoms with Crippen LogP contribution in [0.3, 0.4) is 0 Å². The van der Waals surface area contributed by atoms with E-state index in [1.54, 1.807) is 13.3 Å². The van der Waals surface area contributed by atoms with Crippen molar-refractivity contribution in [3.63, 3.8) is 0 Å². The van der Waals surface area contributed by atoms with Gasteiger partial charge in [-0.3, -0.25) is 0 Å². The molecule has 0 spiro atoms. The average Bonchev–Trinajstić information content (AvgIpc) is 2.46. The van der Waals surface area contributed by atoms with Gasteiger partial charge in [-0.15, -0.1) is 0 Å². The van der Waals surface area contributed by atoms with E-state index in [1.807, 2.05) is 48.5 Å². The number of aryl methyl sites for hydroxylation is 1. The van der Waals surface area contributed by atoms with Gasteiger partial charge in [0.2, 0.25) is 0 Å². The average molecular weight is 255 g/mol. The van der Waals surface area contributed by atoms with E-state index in [0.717, 1.165) is 16.9 Å². The van der Waals surface area contributed by atoms with E-state index in [4.69, 9.17) is 9.57 Å². The first kappa shape index (κ1) is 13.1. The van der Waals surface area contributed by atoms with Crippen molar-refractivity contribution < 1.29 is 9.57 Å². The number of methoxy groups -OCH3 is 1. The molecule has 2 aromatic carbocycles. The molecule has 3 heteroatoms. The molecule has 2 aromatic rings. The van der Waals surface area contributed by atoms with Crippen LogP contribution < -0.4 is 4.74 Å². The minimum absolute atomic E-state index is 0.451. The molecule has 0 aliphatic heterocycles. The molecule has 0 aromatic heterocycles. The molecule has 3 nitrogen and oxygen atoms in total. The minimum atomic E-state index is 0.451. The molecule has 19 heavy (non-hydrogen) atoms. The molecule has 0 unspecified atom stereocenters. The van der Waals surface area contributed by atoms with Crippen LogP contribution in [0.1, 0.15) is 16.7 Å². The van der Waals surface area contributed by atoms with Gasteiger partial charge < -0.3 is 9.57 Å². The van der Waals surface area contributed by atoms with Crippen molar-refractivity contribution >= 4 is 6.21 Å². The minimum Gasteiger partial charge on any atom is -0.497 e. The fraction of sp³-hybridized carbons (Fsp3) is 0.188. The molecule has 0 aliphatic rings. The molecule has 0 amide bonds. The molecular weight excluding hydrogens is 238 g/mol. The first-order valence-corrected chi connectivity index (χ1v) is 6.13. The summed E-state index contributed by atoms with van der Waals surface area (Å²) >= 11 is 0. The van der Waals surface area contributed by atoms with Crippen molar-refractivity contribution in [3.05, 3.63) is 65.2 Å². The highest BCUT2D eigenvalue weighted by molar-refractivity contribution is 5.79. The second-order valence-electron chi connectivity index (χ2n) is 4.27. The van der Waals surface area contributed by atoms with Crippen LogP contribution in [0.4, 0.5) is 0 Å². The summed E-state index contributed by atoms with van der Waals surface area (Å²) in [5.41, 5.74) is 3.32. The lowest BCUT2D eigenvalue weighted by Crippen LogP contribution is -1.89. The largest absolute Gasteiger partial charge is 0.497 e. The summed E-state index contributed by atoms with van der Waals surface area (Å²) in [5, 5.41) is 3.95. The number of oxime groups is 1. The second-order valence-corrected chi connectivity index (χ2v) is 4.27. The summed E-state index contributed by atoms with van der Waals surface area (Å²) in [6.07, 6.45) is 1.71. The number of hydrogen-bond donors (Lipinski definition) is 0. The molecule has 0 atom stereocenters. The number of nitrogens with zero attached hydrogens (tertiary/aromatic N) is 1. The molecule has 98 valence electrons. The van der Waals surface area contributed by atoms with Gasteiger partial charge in [0, 0.05) is 0 Å². The highest BCUT2D eigenvalue weighted by Crippen LogP contribution is 2.11. The topological polar surface area (TPSA) is 30.8 Å². The van der Waals surface area contributed by atoms with Crippen molar-refractivity contribution in [2.75, 3.05) is 7.11 Å². The third-order valence-electron chi connectivity index (χ3n) is 2.74. The Morgan fingerprint density at radius 3 is 2.32 bits per heavy atom. The number of rotatable bonds is 5. The standard InChI is InChI=1S/C16H17NO2/c1-13-3-5-14(6-4-13)11-17-19-12-15-7-9-16(18-2)10-8-15/h3-11H,12H2,1-2H3. The van der Waals surface area contributed by atoms with Gasteiger partial charge in [-0.2, -0.15) is 0 Å². The first-order valence-electron chi connectivity index (χ1n) is 6.13. The Morgan fingerprint density at radius 2 is 1.68 bits per heavy atom. The zero-order valence-electron chi connectivity index (χ0n) is 11.2. The lowest BCUT2D eigenvalue weighted by Gasteiger charge is -2.02. The molecule has 0 aliphatic carbocycles. The molecule has 0 saturated carbocycles. The molecule has 0 fully saturated rings. The van der Waals surface area contributed by atoms with Crippen LogP contribution in [0.5, 0.6) is 5.75 Å². The van der Waals surface area contributed by atoms with E-state index in [2.05, 4.69) is 12.1 Å². The SMILES string of the molecule is COc1ccc(CON=Cc2ccc(C)cc2)cc1. The number of hydrogen-bond acceptors (Lipinski definition) is 3. The Bertz CT molecular complexity index is 530. The van der Waals surface area contributed by atoms with Crippen LogP contribution in [0, 0.1) is 6.92 Å². The molecule has 0 bridgehead atoms. The Morgan fingerprint density at radius 1 is 1.00 bits per heavy atom. The molecule has 2 rings (SSSR count). The first-order chi connectivity index (χ1) is 9.28. The monoisotopic (exact) mass is 255 g/mol. The van der Waals surface area contributed by atoms with Crippen LogP contribution in [-0.2, 0) is 11.4 Å². The third kappa shape index (κ3) is 4.14. The third-order valence-corrected chi connectivity index (χ3v) is 2.74. The zero-order chi connectivity index (χ0) is 13.5. The Kier molecular flexibility index (Phi) is 4.56. The molecule has 0 heterocycles. The molecular formula is C16H17NO2. The van der Waals surface area contributed by atoms with Crippen LogP contribution in [-0.4, -0.2) is 13.3 Å². The summed E-state index contributed by atoms with van der Waals surface area (Å²) in [4.78, 5) is 5.26.